The van der Waals surface area contributed by atoms with E-state index in [1.165, 1.54) is 44.5 Å². The predicted octanol–water partition coefficient (Wildman–Crippen LogP) is 27.3. The van der Waals surface area contributed by atoms with Gasteiger partial charge in [-0.3, -0.25) is 0 Å². The molecule has 10 nitrogen and oxygen atoms in total. The van der Waals surface area contributed by atoms with Gasteiger partial charge in [-0.05, 0) is 195 Å². The van der Waals surface area contributed by atoms with Crippen LogP contribution in [0.15, 0.2) is 400 Å². The zero-order valence-corrected chi connectivity index (χ0v) is 70.1. The zero-order valence-electron chi connectivity index (χ0n) is 69.4. The molecular weight excluding hydrogens is 1560 g/mol. The van der Waals surface area contributed by atoms with Crippen LogP contribution in [0.1, 0.15) is 83.3 Å². The Hall–Kier alpha value is -15.5. The van der Waals surface area contributed by atoms with Crippen molar-refractivity contribution in [2.75, 3.05) is 0 Å². The van der Waals surface area contributed by atoms with E-state index in [-0.39, 0.29) is 0 Å². The van der Waals surface area contributed by atoms with Crippen molar-refractivity contribution in [2.45, 2.75) is 49.7 Å². The summed E-state index contributed by atoms with van der Waals surface area (Å²) in [5.74, 6) is 4.75. The standard InChI is InChI=1S/C54H33N3O.C38H30BNO3.C22H15ClN2/c55-34-35-19-21-38(22-20-35)41-27-29-45-43(31-41)44-32-42(28-30-46(44)54(45)47-15-7-9-17-51(47)58-52-18-10-8-16-48(52)54)50-33-49(56-53(57-50)40-13-5-2-6-14-40)39-25-23-37(24-26-39)36-11-3-1-4-12-36;1-36(2)37(3,4)43-39(42-36)27-18-20-31-29(22-27)28-21-26(25-15-13-24(23-40)14-16-25)17-19-30(28)38(31)32-9-5-7-11-34(32)41-35-12-8-6-10-33(35)38;23-21-15-20(24-22(25-21)19-9-5-2-6-10-19)18-13-11-17(12-14-18)16-7-3-1-4-8-16/h1-33H;5-22H,1-4H3;1-15H. The van der Waals surface area contributed by atoms with E-state index in [1.807, 2.05) is 146 Å². The molecule has 0 amide bonds. The normalized spacial score (nSPS) is 14.0. The Morgan fingerprint density at radius 1 is 0.254 bits per heavy atom. The summed E-state index contributed by atoms with van der Waals surface area (Å²) in [4.78, 5) is 19.4. The first kappa shape index (κ1) is 77.8. The molecule has 0 atom stereocenters. The smallest absolute Gasteiger partial charge is 0.457 e. The van der Waals surface area contributed by atoms with Crippen LogP contribution in [-0.4, -0.2) is 38.3 Å². The first-order valence-electron chi connectivity index (χ1n) is 42.3. The molecule has 2 aliphatic carbocycles. The Balaban J connectivity index is 0.000000125. The number of nitrogens with zero attached hydrogens (tertiary/aromatic N) is 6. The van der Waals surface area contributed by atoms with Gasteiger partial charge < -0.3 is 18.8 Å². The molecule has 5 heterocycles. The Morgan fingerprint density at radius 2 is 0.532 bits per heavy atom. The van der Waals surface area contributed by atoms with Gasteiger partial charge in [0.25, 0.3) is 0 Å². The molecule has 3 aliphatic heterocycles. The van der Waals surface area contributed by atoms with Crippen LogP contribution in [-0.2, 0) is 20.1 Å². The summed E-state index contributed by atoms with van der Waals surface area (Å²) < 4.78 is 26.1. The lowest BCUT2D eigenvalue weighted by Gasteiger charge is -2.39. The van der Waals surface area contributed by atoms with Crippen molar-refractivity contribution >= 4 is 24.2 Å². The highest BCUT2D eigenvalue weighted by molar-refractivity contribution is 6.62. The van der Waals surface area contributed by atoms with Crippen molar-refractivity contribution in [2.24, 2.45) is 0 Å². The maximum atomic E-state index is 9.50. The third-order valence-corrected chi connectivity index (χ3v) is 25.7. The number of hydrogen-bond donors (Lipinski definition) is 0. The molecule has 18 aromatic rings. The molecule has 5 aliphatic rings. The van der Waals surface area contributed by atoms with E-state index in [1.54, 1.807) is 6.07 Å². The van der Waals surface area contributed by atoms with Crippen molar-refractivity contribution in [3.63, 3.8) is 0 Å². The van der Waals surface area contributed by atoms with Gasteiger partial charge in [-0.1, -0.05) is 333 Å². The van der Waals surface area contributed by atoms with Gasteiger partial charge in [-0.15, -0.1) is 0 Å². The number of halogens is 1. The monoisotopic (exact) mass is 1640 g/mol. The van der Waals surface area contributed by atoms with E-state index in [2.05, 4.69) is 299 Å². The maximum Gasteiger partial charge on any atom is 0.494 e. The predicted molar refractivity (Wildman–Crippen MR) is 504 cm³/mol. The quantitative estimate of drug-likeness (QED) is 0.0961. The van der Waals surface area contributed by atoms with Crippen molar-refractivity contribution in [1.29, 1.82) is 10.5 Å². The first-order chi connectivity index (χ1) is 61.7. The highest BCUT2D eigenvalue weighted by atomic mass is 35.5. The Labute approximate surface area is 737 Å². The van der Waals surface area contributed by atoms with E-state index >= 15 is 0 Å². The maximum absolute atomic E-state index is 9.50. The largest absolute Gasteiger partial charge is 0.494 e. The molecule has 23 rings (SSSR count). The minimum atomic E-state index is -0.607. The summed E-state index contributed by atoms with van der Waals surface area (Å²) in [5.41, 5.74) is 30.7. The lowest BCUT2D eigenvalue weighted by Crippen LogP contribution is -2.41. The summed E-state index contributed by atoms with van der Waals surface area (Å²) in [5, 5.41) is 19.3. The number of ether oxygens (including phenoxy) is 2. The van der Waals surface area contributed by atoms with Crippen LogP contribution >= 0.6 is 11.6 Å². The summed E-state index contributed by atoms with van der Waals surface area (Å²) in [6.07, 6.45) is 0. The van der Waals surface area contributed by atoms with Gasteiger partial charge in [0.05, 0.1) is 62.4 Å². The number of hydrogen-bond acceptors (Lipinski definition) is 10. The van der Waals surface area contributed by atoms with Crippen LogP contribution in [0.3, 0.4) is 0 Å². The molecule has 0 N–H and O–H groups in total. The van der Waals surface area contributed by atoms with E-state index in [0.29, 0.717) is 27.9 Å². The molecule has 0 unspecified atom stereocenters. The molecule has 598 valence electrons. The van der Waals surface area contributed by atoms with Crippen molar-refractivity contribution in [1.82, 2.24) is 19.9 Å². The molecule has 1 fully saturated rings. The lowest BCUT2D eigenvalue weighted by atomic mass is 9.65. The van der Waals surface area contributed by atoms with Crippen molar-refractivity contribution < 1.29 is 18.8 Å². The summed E-state index contributed by atoms with van der Waals surface area (Å²) >= 11 is 6.23. The Morgan fingerprint density at radius 3 is 0.921 bits per heavy atom. The minimum Gasteiger partial charge on any atom is -0.457 e. The van der Waals surface area contributed by atoms with E-state index in [9.17, 15) is 10.5 Å². The minimum absolute atomic E-state index is 0.433. The van der Waals surface area contributed by atoms with Gasteiger partial charge >= 0.3 is 7.12 Å². The van der Waals surface area contributed by atoms with Crippen LogP contribution in [0, 0.1) is 22.7 Å². The molecule has 16 aromatic carbocycles. The Bertz CT molecular complexity index is 7260. The highest BCUT2D eigenvalue weighted by Gasteiger charge is 2.55. The molecule has 126 heavy (non-hydrogen) atoms. The average Bonchev–Trinajstić information content (AvgIpc) is 1.51. The first-order valence-corrected chi connectivity index (χ1v) is 42.6. The average molecular weight is 1640 g/mol. The van der Waals surface area contributed by atoms with Crippen LogP contribution in [0.4, 0.5) is 0 Å². The molecule has 0 bridgehead atoms. The van der Waals surface area contributed by atoms with E-state index in [0.717, 1.165) is 140 Å². The number of fused-ring (bicyclic) bond motifs is 18. The fraction of sp³-hybridized carbons (Fsp3) is 0.0702. The molecule has 2 aromatic heterocycles. The fourth-order valence-electron chi connectivity index (χ4n) is 18.6. The molecule has 2 spiro atoms. The SMILES string of the molecule is CC1(C)OB(c2ccc3c(c2)-c2cc(-c4ccc(C#N)cc4)ccc2C32c3ccccc3Oc3ccccc32)OC1(C)C.Clc1cc(-c2ccc(-c3ccccc3)cc2)nc(-c2ccccc2)n1.N#Cc1ccc(-c2ccc3c(c2)-c2cc(-c4cc(-c5ccc(-c6ccccc6)cc5)nc(-c5ccccc5)n4)ccc2C32c3ccccc3Oc3ccccc32)cc1. The summed E-state index contributed by atoms with van der Waals surface area (Å²) in [6, 6.07) is 142. The van der Waals surface area contributed by atoms with Crippen molar-refractivity contribution in [3.05, 3.63) is 461 Å². The molecule has 0 saturated carbocycles. The number of para-hydroxylation sites is 4. The van der Waals surface area contributed by atoms with Crippen molar-refractivity contribution in [3.8, 4) is 158 Å². The second-order valence-electron chi connectivity index (χ2n) is 33.2. The van der Waals surface area contributed by atoms with Crippen LogP contribution < -0.4 is 14.9 Å². The Kier molecular flexibility index (Phi) is 19.6. The summed E-state index contributed by atoms with van der Waals surface area (Å²) in [7, 11) is -0.466. The number of benzene rings is 16. The van der Waals surface area contributed by atoms with Gasteiger partial charge in [-0.2, -0.15) is 10.5 Å². The fourth-order valence-corrected chi connectivity index (χ4v) is 18.8. The zero-order chi connectivity index (χ0) is 85.3. The molecule has 0 radical (unpaired) electrons. The number of nitriles is 2. The van der Waals surface area contributed by atoms with Crippen LogP contribution in [0.25, 0.3) is 123 Å². The van der Waals surface area contributed by atoms with Crippen LogP contribution in [0.5, 0.6) is 23.0 Å². The second kappa shape index (κ2) is 31.8. The van der Waals surface area contributed by atoms with Gasteiger partial charge in [-0.25, -0.2) is 19.9 Å². The third-order valence-electron chi connectivity index (χ3n) is 25.5. The van der Waals surface area contributed by atoms with E-state index in [4.69, 9.17) is 40.4 Å². The molecular formula is C114H78BClN6O4. The lowest BCUT2D eigenvalue weighted by molar-refractivity contribution is 0.00578. The van der Waals surface area contributed by atoms with Crippen LogP contribution in [0.2, 0.25) is 5.15 Å². The number of aromatic nitrogens is 4. The topological polar surface area (TPSA) is 136 Å². The molecule has 1 saturated heterocycles. The highest BCUT2D eigenvalue weighted by Crippen LogP contribution is 2.65. The third kappa shape index (κ3) is 13.6. The van der Waals surface area contributed by atoms with Gasteiger partial charge in [0.15, 0.2) is 11.6 Å². The second-order valence-corrected chi connectivity index (χ2v) is 33.6. The van der Waals surface area contributed by atoms with Gasteiger partial charge in [0.2, 0.25) is 0 Å². The van der Waals surface area contributed by atoms with Gasteiger partial charge in [0.1, 0.15) is 28.2 Å². The number of rotatable bonds is 10. The molecule has 12 heteroatoms. The summed E-state index contributed by atoms with van der Waals surface area (Å²) in [6.45, 7) is 8.35. The van der Waals surface area contributed by atoms with E-state index < -0.39 is 29.2 Å². The van der Waals surface area contributed by atoms with Gasteiger partial charge in [0, 0.05) is 56.1 Å².